The highest BCUT2D eigenvalue weighted by Crippen LogP contribution is 2.14. The summed E-state index contributed by atoms with van der Waals surface area (Å²) in [6.45, 7) is 10.8. The van der Waals surface area contributed by atoms with Gasteiger partial charge in [0.05, 0.1) is 6.42 Å². The van der Waals surface area contributed by atoms with Crippen LogP contribution in [0.2, 0.25) is 0 Å². The van der Waals surface area contributed by atoms with E-state index >= 15 is 0 Å². The Labute approximate surface area is 104 Å². The van der Waals surface area contributed by atoms with Crippen LogP contribution in [0.15, 0.2) is 12.7 Å². The molecule has 0 spiro atoms. The third-order valence-electron chi connectivity index (χ3n) is 2.27. The zero-order valence-electron chi connectivity index (χ0n) is 11.4. The lowest BCUT2D eigenvalue weighted by molar-refractivity contribution is -0.157. The summed E-state index contributed by atoms with van der Waals surface area (Å²) < 4.78 is 5.18. The number of Topliss-reactive ketones (excluding diaryl/α,β-unsaturated/α-hetero) is 1. The molecule has 0 amide bonds. The van der Waals surface area contributed by atoms with E-state index in [1.807, 2.05) is 20.8 Å². The van der Waals surface area contributed by atoms with Crippen LogP contribution < -0.4 is 0 Å². The van der Waals surface area contributed by atoms with Crippen LogP contribution in [0.5, 0.6) is 0 Å². The Morgan fingerprint density at radius 2 is 1.94 bits per heavy atom. The predicted octanol–water partition coefficient (Wildman–Crippen LogP) is 3.28. The van der Waals surface area contributed by atoms with Gasteiger partial charge in [0.2, 0.25) is 0 Å². The van der Waals surface area contributed by atoms with Gasteiger partial charge in [-0.3, -0.25) is 9.59 Å². The van der Waals surface area contributed by atoms with Gasteiger partial charge in [0.1, 0.15) is 11.4 Å². The average molecular weight is 240 g/mol. The van der Waals surface area contributed by atoms with E-state index in [0.29, 0.717) is 6.42 Å². The highest BCUT2D eigenvalue weighted by Gasteiger charge is 2.21. The lowest BCUT2D eigenvalue weighted by Crippen LogP contribution is -2.26. The number of hydrogen-bond donors (Lipinski definition) is 0. The molecule has 0 saturated heterocycles. The van der Waals surface area contributed by atoms with Gasteiger partial charge in [-0.2, -0.15) is 0 Å². The number of ketones is 1. The van der Waals surface area contributed by atoms with Crippen molar-refractivity contribution in [2.45, 2.75) is 59.0 Å². The van der Waals surface area contributed by atoms with Crippen LogP contribution in [0.3, 0.4) is 0 Å². The van der Waals surface area contributed by atoms with E-state index < -0.39 is 5.60 Å². The van der Waals surface area contributed by atoms with Gasteiger partial charge in [0, 0.05) is 12.3 Å². The molecule has 1 atom stereocenters. The van der Waals surface area contributed by atoms with E-state index in [-0.39, 0.29) is 24.1 Å². The van der Waals surface area contributed by atoms with E-state index in [1.165, 1.54) is 0 Å². The van der Waals surface area contributed by atoms with E-state index in [4.69, 9.17) is 4.74 Å². The van der Waals surface area contributed by atoms with Crippen LogP contribution in [-0.4, -0.2) is 17.4 Å². The van der Waals surface area contributed by atoms with Crippen molar-refractivity contribution in [1.82, 2.24) is 0 Å². The first kappa shape index (κ1) is 15.9. The minimum atomic E-state index is -0.483. The molecule has 0 unspecified atom stereocenters. The summed E-state index contributed by atoms with van der Waals surface area (Å²) in [5.41, 5.74) is -0.483. The fraction of sp³-hybridized carbons (Fsp3) is 0.714. The summed E-state index contributed by atoms with van der Waals surface area (Å²) in [6, 6.07) is 0. The van der Waals surface area contributed by atoms with Crippen molar-refractivity contribution in [2.75, 3.05) is 0 Å². The first-order valence-corrected chi connectivity index (χ1v) is 6.11. The number of hydrogen-bond acceptors (Lipinski definition) is 3. The summed E-state index contributed by atoms with van der Waals surface area (Å²) in [5, 5.41) is 0. The van der Waals surface area contributed by atoms with Gasteiger partial charge in [-0.05, 0) is 33.6 Å². The van der Waals surface area contributed by atoms with Crippen molar-refractivity contribution in [3.05, 3.63) is 12.7 Å². The van der Waals surface area contributed by atoms with Crippen LogP contribution in [0.25, 0.3) is 0 Å². The van der Waals surface area contributed by atoms with Gasteiger partial charge in [0.15, 0.2) is 0 Å². The number of allylic oxidation sites excluding steroid dienone is 1. The van der Waals surface area contributed by atoms with Crippen molar-refractivity contribution in [1.29, 1.82) is 0 Å². The second-order valence-electron chi connectivity index (χ2n) is 5.34. The van der Waals surface area contributed by atoms with Crippen LogP contribution in [0.4, 0.5) is 0 Å². The normalized spacial score (nSPS) is 12.9. The fourth-order valence-corrected chi connectivity index (χ4v) is 1.41. The largest absolute Gasteiger partial charge is 0.460 e. The third-order valence-corrected chi connectivity index (χ3v) is 2.27. The average Bonchev–Trinajstić information content (AvgIpc) is 2.14. The number of ether oxygens (including phenoxy) is 1. The van der Waals surface area contributed by atoms with Crippen molar-refractivity contribution >= 4 is 11.8 Å². The number of carbonyl (C=O) groups excluding carboxylic acids is 2. The maximum absolute atomic E-state index is 11.7. The summed E-state index contributed by atoms with van der Waals surface area (Å²) >= 11 is 0. The van der Waals surface area contributed by atoms with E-state index in [2.05, 4.69) is 6.58 Å². The summed E-state index contributed by atoms with van der Waals surface area (Å²) in [5.74, 6) is -0.436. The first-order chi connectivity index (χ1) is 7.76. The molecular formula is C14H24O3. The number of rotatable bonds is 7. The minimum Gasteiger partial charge on any atom is -0.460 e. The van der Waals surface area contributed by atoms with Gasteiger partial charge in [0.25, 0.3) is 0 Å². The summed E-state index contributed by atoms with van der Waals surface area (Å²) in [7, 11) is 0. The van der Waals surface area contributed by atoms with Crippen molar-refractivity contribution in [2.24, 2.45) is 5.92 Å². The van der Waals surface area contributed by atoms with Crippen molar-refractivity contribution in [3.8, 4) is 0 Å². The molecule has 0 saturated carbocycles. The third kappa shape index (κ3) is 8.66. The van der Waals surface area contributed by atoms with E-state index in [9.17, 15) is 9.59 Å². The topological polar surface area (TPSA) is 43.4 Å². The minimum absolute atomic E-state index is 0.123. The molecule has 17 heavy (non-hydrogen) atoms. The summed E-state index contributed by atoms with van der Waals surface area (Å²) in [6.07, 6.45) is 4.12. The first-order valence-electron chi connectivity index (χ1n) is 6.11. The molecule has 0 aromatic heterocycles. The summed E-state index contributed by atoms with van der Waals surface area (Å²) in [4.78, 5) is 23.2. The molecule has 3 heteroatoms. The second kappa shape index (κ2) is 7.25. The number of carbonyl (C=O) groups is 2. The van der Waals surface area contributed by atoms with Crippen molar-refractivity contribution in [3.63, 3.8) is 0 Å². The van der Waals surface area contributed by atoms with E-state index in [0.717, 1.165) is 12.8 Å². The molecule has 0 aliphatic heterocycles. The van der Waals surface area contributed by atoms with Crippen LogP contribution >= 0.6 is 0 Å². The fourth-order valence-electron chi connectivity index (χ4n) is 1.41. The molecule has 0 heterocycles. The Kier molecular flexibility index (Phi) is 6.78. The van der Waals surface area contributed by atoms with Gasteiger partial charge in [-0.15, -0.1) is 6.58 Å². The molecule has 98 valence electrons. The van der Waals surface area contributed by atoms with E-state index in [1.54, 1.807) is 13.0 Å². The van der Waals surface area contributed by atoms with Gasteiger partial charge < -0.3 is 4.74 Å². The van der Waals surface area contributed by atoms with Gasteiger partial charge in [-0.25, -0.2) is 0 Å². The van der Waals surface area contributed by atoms with Gasteiger partial charge in [-0.1, -0.05) is 13.0 Å². The molecule has 0 rings (SSSR count). The zero-order chi connectivity index (χ0) is 13.5. The Bertz CT molecular complexity index is 274. The molecule has 3 nitrogen and oxygen atoms in total. The molecule has 0 aliphatic carbocycles. The molecule has 0 aromatic rings. The second-order valence-corrected chi connectivity index (χ2v) is 5.34. The molecule has 0 bridgehead atoms. The van der Waals surface area contributed by atoms with Gasteiger partial charge >= 0.3 is 5.97 Å². The molecular weight excluding hydrogens is 216 g/mol. The number of esters is 1. The SMILES string of the molecule is C=CCCCC(=O)[C@@H](C)CC(=O)OC(C)(C)C. The lowest BCUT2D eigenvalue weighted by atomic mass is 9.98. The molecule has 0 fully saturated rings. The van der Waals surface area contributed by atoms with Crippen LogP contribution in [-0.2, 0) is 14.3 Å². The predicted molar refractivity (Wildman–Crippen MR) is 68.7 cm³/mol. The Morgan fingerprint density at radius 3 is 2.41 bits per heavy atom. The van der Waals surface area contributed by atoms with Crippen LogP contribution in [0, 0.1) is 5.92 Å². The Balaban J connectivity index is 3.99. The maximum atomic E-state index is 11.7. The maximum Gasteiger partial charge on any atom is 0.307 e. The monoisotopic (exact) mass is 240 g/mol. The zero-order valence-corrected chi connectivity index (χ0v) is 11.4. The van der Waals surface area contributed by atoms with Crippen LogP contribution in [0.1, 0.15) is 53.4 Å². The molecule has 0 aliphatic rings. The molecule has 0 N–H and O–H groups in total. The Morgan fingerprint density at radius 1 is 1.35 bits per heavy atom. The standard InChI is InChI=1S/C14H24O3/c1-6-7-8-9-12(15)11(2)10-13(16)17-14(3,4)5/h6,11H,1,7-10H2,2-5H3/t11-/m0/s1. The Hall–Kier alpha value is -1.12. The van der Waals surface area contributed by atoms with Crippen molar-refractivity contribution < 1.29 is 14.3 Å². The highest BCUT2D eigenvalue weighted by atomic mass is 16.6. The smallest absolute Gasteiger partial charge is 0.307 e. The lowest BCUT2D eigenvalue weighted by Gasteiger charge is -2.20. The molecule has 0 radical (unpaired) electrons. The quantitative estimate of drug-likeness (QED) is 0.389. The highest BCUT2D eigenvalue weighted by molar-refractivity contribution is 5.85. The number of unbranched alkanes of at least 4 members (excludes halogenated alkanes) is 1. The molecule has 0 aromatic carbocycles.